The van der Waals surface area contributed by atoms with Gasteiger partial charge in [0.2, 0.25) is 0 Å². The van der Waals surface area contributed by atoms with Gasteiger partial charge in [-0.25, -0.2) is 0 Å². The van der Waals surface area contributed by atoms with Crippen LogP contribution in [0.3, 0.4) is 0 Å². The summed E-state index contributed by atoms with van der Waals surface area (Å²) < 4.78 is 5.16. The third kappa shape index (κ3) is 2.97. The standard InChI is InChI=1S/C13H18N2O2/c1-17-12-7-3-2-6-11(12)13(16)15-9-10-5-4-8-14-10/h2-3,6-7,10,14H,4-5,8-9H2,1H3,(H,15,16). The van der Waals surface area contributed by atoms with Crippen molar-refractivity contribution in [1.29, 1.82) is 0 Å². The number of methoxy groups -OCH3 is 1. The Labute approximate surface area is 101 Å². The van der Waals surface area contributed by atoms with Crippen molar-refractivity contribution in [2.24, 2.45) is 0 Å². The lowest BCUT2D eigenvalue weighted by Crippen LogP contribution is -2.37. The first kappa shape index (κ1) is 11.9. The molecule has 92 valence electrons. The minimum atomic E-state index is -0.0730. The van der Waals surface area contributed by atoms with E-state index in [2.05, 4.69) is 10.6 Å². The molecule has 0 aromatic heterocycles. The molecule has 1 aromatic carbocycles. The number of amides is 1. The maximum absolute atomic E-state index is 12.0. The van der Waals surface area contributed by atoms with Crippen LogP contribution >= 0.6 is 0 Å². The topological polar surface area (TPSA) is 50.4 Å². The molecule has 1 aliphatic heterocycles. The Morgan fingerprint density at radius 2 is 2.35 bits per heavy atom. The highest BCUT2D eigenvalue weighted by molar-refractivity contribution is 5.96. The average Bonchev–Trinajstić information content (AvgIpc) is 2.89. The fourth-order valence-corrected chi connectivity index (χ4v) is 2.07. The van der Waals surface area contributed by atoms with Crippen molar-refractivity contribution in [3.63, 3.8) is 0 Å². The Hall–Kier alpha value is -1.55. The molecule has 1 aliphatic rings. The Balaban J connectivity index is 1.94. The van der Waals surface area contributed by atoms with Gasteiger partial charge in [0.05, 0.1) is 12.7 Å². The Bertz CT molecular complexity index is 387. The van der Waals surface area contributed by atoms with Crippen LogP contribution in [0.15, 0.2) is 24.3 Å². The van der Waals surface area contributed by atoms with Gasteiger partial charge in [-0.2, -0.15) is 0 Å². The highest BCUT2D eigenvalue weighted by atomic mass is 16.5. The van der Waals surface area contributed by atoms with Crippen LogP contribution in [0, 0.1) is 0 Å². The first-order chi connectivity index (χ1) is 8.31. The van der Waals surface area contributed by atoms with E-state index in [0.717, 1.165) is 13.0 Å². The van der Waals surface area contributed by atoms with Gasteiger partial charge in [-0.05, 0) is 31.5 Å². The van der Waals surface area contributed by atoms with Crippen LogP contribution in [0.1, 0.15) is 23.2 Å². The molecule has 1 aromatic rings. The van der Waals surface area contributed by atoms with E-state index in [1.54, 1.807) is 19.2 Å². The summed E-state index contributed by atoms with van der Waals surface area (Å²) in [6, 6.07) is 7.67. The van der Waals surface area contributed by atoms with Crippen LogP contribution in [-0.4, -0.2) is 32.1 Å². The van der Waals surface area contributed by atoms with Crippen molar-refractivity contribution in [2.45, 2.75) is 18.9 Å². The molecule has 1 amide bonds. The zero-order valence-electron chi connectivity index (χ0n) is 10.0. The fourth-order valence-electron chi connectivity index (χ4n) is 2.07. The summed E-state index contributed by atoms with van der Waals surface area (Å²) in [6.45, 7) is 1.73. The number of hydrogen-bond donors (Lipinski definition) is 2. The monoisotopic (exact) mass is 234 g/mol. The summed E-state index contributed by atoms with van der Waals surface area (Å²) in [7, 11) is 1.57. The summed E-state index contributed by atoms with van der Waals surface area (Å²) in [6.07, 6.45) is 2.32. The lowest BCUT2D eigenvalue weighted by atomic mass is 10.1. The number of nitrogens with one attached hydrogen (secondary N) is 2. The van der Waals surface area contributed by atoms with Crippen molar-refractivity contribution >= 4 is 5.91 Å². The molecular weight excluding hydrogens is 216 g/mol. The molecule has 1 fully saturated rings. The van der Waals surface area contributed by atoms with Crippen LogP contribution in [0.5, 0.6) is 5.75 Å². The highest BCUT2D eigenvalue weighted by Gasteiger charge is 2.16. The lowest BCUT2D eigenvalue weighted by molar-refractivity contribution is 0.0947. The van der Waals surface area contributed by atoms with E-state index in [0.29, 0.717) is 23.9 Å². The maximum Gasteiger partial charge on any atom is 0.255 e. The third-order valence-corrected chi connectivity index (χ3v) is 3.02. The molecule has 1 atom stereocenters. The zero-order chi connectivity index (χ0) is 12.1. The van der Waals surface area contributed by atoms with Crippen molar-refractivity contribution in [1.82, 2.24) is 10.6 Å². The number of carbonyl (C=O) groups excluding carboxylic acids is 1. The van der Waals surface area contributed by atoms with Gasteiger partial charge in [-0.3, -0.25) is 4.79 Å². The minimum Gasteiger partial charge on any atom is -0.496 e. The molecule has 0 spiro atoms. The molecule has 17 heavy (non-hydrogen) atoms. The predicted octanol–water partition coefficient (Wildman–Crippen LogP) is 1.18. The van der Waals surface area contributed by atoms with Gasteiger partial charge in [0.15, 0.2) is 0 Å². The van der Waals surface area contributed by atoms with Crippen LogP contribution in [0.4, 0.5) is 0 Å². The molecule has 1 unspecified atom stereocenters. The van der Waals surface area contributed by atoms with Gasteiger partial charge >= 0.3 is 0 Å². The van der Waals surface area contributed by atoms with Gasteiger partial charge in [-0.15, -0.1) is 0 Å². The second-order valence-electron chi connectivity index (χ2n) is 4.20. The molecule has 2 rings (SSSR count). The zero-order valence-corrected chi connectivity index (χ0v) is 10.0. The SMILES string of the molecule is COc1ccccc1C(=O)NCC1CCCN1. The molecule has 4 nitrogen and oxygen atoms in total. The molecule has 2 N–H and O–H groups in total. The van der Waals surface area contributed by atoms with Gasteiger partial charge < -0.3 is 15.4 Å². The normalized spacial score (nSPS) is 19.0. The first-order valence-electron chi connectivity index (χ1n) is 5.96. The third-order valence-electron chi connectivity index (χ3n) is 3.02. The largest absolute Gasteiger partial charge is 0.496 e. The molecule has 1 saturated heterocycles. The first-order valence-corrected chi connectivity index (χ1v) is 5.96. The number of rotatable bonds is 4. The Morgan fingerprint density at radius 3 is 3.06 bits per heavy atom. The number of benzene rings is 1. The number of carbonyl (C=O) groups is 1. The summed E-state index contributed by atoms with van der Waals surface area (Å²) in [5, 5.41) is 6.28. The highest BCUT2D eigenvalue weighted by Crippen LogP contribution is 2.16. The van der Waals surface area contributed by atoms with Gasteiger partial charge in [0, 0.05) is 12.6 Å². The predicted molar refractivity (Wildman–Crippen MR) is 66.4 cm³/mol. The van der Waals surface area contributed by atoms with Crippen LogP contribution in [0.2, 0.25) is 0 Å². The minimum absolute atomic E-state index is 0.0730. The van der Waals surface area contributed by atoms with Crippen LogP contribution in [-0.2, 0) is 0 Å². The Kier molecular flexibility index (Phi) is 3.98. The van der Waals surface area contributed by atoms with Crippen molar-refractivity contribution < 1.29 is 9.53 Å². The van der Waals surface area contributed by atoms with Gasteiger partial charge in [0.1, 0.15) is 5.75 Å². The molecule has 4 heteroatoms. The average molecular weight is 234 g/mol. The van der Waals surface area contributed by atoms with Gasteiger partial charge in [-0.1, -0.05) is 12.1 Å². The van der Waals surface area contributed by atoms with E-state index in [-0.39, 0.29) is 5.91 Å². The molecule has 1 heterocycles. The van der Waals surface area contributed by atoms with Crippen molar-refractivity contribution in [3.8, 4) is 5.75 Å². The molecule has 0 aliphatic carbocycles. The van der Waals surface area contributed by atoms with Gasteiger partial charge in [0.25, 0.3) is 5.91 Å². The number of para-hydroxylation sites is 1. The molecule has 0 radical (unpaired) electrons. The molecule has 0 saturated carbocycles. The van der Waals surface area contributed by atoms with E-state index < -0.39 is 0 Å². The summed E-state index contributed by atoms with van der Waals surface area (Å²) in [5.74, 6) is 0.542. The number of hydrogen-bond acceptors (Lipinski definition) is 3. The fraction of sp³-hybridized carbons (Fsp3) is 0.462. The van der Waals surface area contributed by atoms with E-state index in [1.807, 2.05) is 12.1 Å². The van der Waals surface area contributed by atoms with Crippen LogP contribution < -0.4 is 15.4 Å². The second-order valence-corrected chi connectivity index (χ2v) is 4.20. The second kappa shape index (κ2) is 5.68. The number of ether oxygens (including phenoxy) is 1. The maximum atomic E-state index is 12.0. The van der Waals surface area contributed by atoms with E-state index in [9.17, 15) is 4.79 Å². The van der Waals surface area contributed by atoms with E-state index in [1.165, 1.54) is 6.42 Å². The van der Waals surface area contributed by atoms with Crippen LogP contribution in [0.25, 0.3) is 0 Å². The van der Waals surface area contributed by atoms with E-state index in [4.69, 9.17) is 4.74 Å². The summed E-state index contributed by atoms with van der Waals surface area (Å²) >= 11 is 0. The van der Waals surface area contributed by atoms with E-state index >= 15 is 0 Å². The summed E-state index contributed by atoms with van der Waals surface area (Å²) in [5.41, 5.74) is 0.591. The van der Waals surface area contributed by atoms with Crippen molar-refractivity contribution in [2.75, 3.05) is 20.2 Å². The van der Waals surface area contributed by atoms with Crippen molar-refractivity contribution in [3.05, 3.63) is 29.8 Å². The Morgan fingerprint density at radius 1 is 1.53 bits per heavy atom. The quantitative estimate of drug-likeness (QED) is 0.822. The summed E-state index contributed by atoms with van der Waals surface area (Å²) in [4.78, 5) is 12.0. The lowest BCUT2D eigenvalue weighted by Gasteiger charge is -2.12. The smallest absolute Gasteiger partial charge is 0.255 e. The molecule has 0 bridgehead atoms. The molecular formula is C13H18N2O2.